The molecule has 2 atom stereocenters. The molecule has 0 bridgehead atoms. The SMILES string of the molecule is CC(CC1CCCCC1)C(=O)N1CCC(O)(Cn2ccc3occc3c2=O)C2(CCCC2)C1. The molecule has 2 aromatic rings. The third-order valence-corrected chi connectivity index (χ3v) is 9.01. The lowest BCUT2D eigenvalue weighted by Gasteiger charge is -2.52. The zero-order valence-electron chi connectivity index (χ0n) is 19.9. The van der Waals surface area contributed by atoms with Crippen molar-refractivity contribution in [2.75, 3.05) is 13.1 Å². The van der Waals surface area contributed by atoms with Crippen molar-refractivity contribution in [3.05, 3.63) is 34.9 Å². The van der Waals surface area contributed by atoms with E-state index in [4.69, 9.17) is 4.42 Å². The van der Waals surface area contributed by atoms with Gasteiger partial charge in [0, 0.05) is 30.6 Å². The lowest BCUT2D eigenvalue weighted by atomic mass is 9.65. The summed E-state index contributed by atoms with van der Waals surface area (Å²) in [5.74, 6) is 0.985. The summed E-state index contributed by atoms with van der Waals surface area (Å²) in [5.41, 5.74) is -0.877. The average Bonchev–Trinajstić information content (AvgIpc) is 3.49. The van der Waals surface area contributed by atoms with Crippen LogP contribution < -0.4 is 5.56 Å². The van der Waals surface area contributed by atoms with Crippen LogP contribution in [0.15, 0.2) is 33.8 Å². The summed E-state index contributed by atoms with van der Waals surface area (Å²) in [7, 11) is 0. The summed E-state index contributed by atoms with van der Waals surface area (Å²) in [4.78, 5) is 28.5. The zero-order valence-corrected chi connectivity index (χ0v) is 19.9. The van der Waals surface area contributed by atoms with E-state index < -0.39 is 5.60 Å². The molecular weight excluding hydrogens is 416 g/mol. The van der Waals surface area contributed by atoms with Crippen LogP contribution in [0.3, 0.4) is 0 Å². The van der Waals surface area contributed by atoms with E-state index in [1.165, 1.54) is 38.4 Å². The maximum Gasteiger partial charge on any atom is 0.261 e. The molecule has 1 saturated heterocycles. The third kappa shape index (κ3) is 4.16. The Balaban J connectivity index is 1.33. The highest BCUT2D eigenvalue weighted by Crippen LogP contribution is 2.51. The van der Waals surface area contributed by atoms with Gasteiger partial charge in [-0.1, -0.05) is 51.9 Å². The lowest BCUT2D eigenvalue weighted by molar-refractivity contribution is -0.163. The van der Waals surface area contributed by atoms with Crippen LogP contribution in [-0.2, 0) is 11.3 Å². The fourth-order valence-corrected chi connectivity index (χ4v) is 7.04. The van der Waals surface area contributed by atoms with E-state index in [0.717, 1.165) is 32.1 Å². The number of pyridine rings is 1. The van der Waals surface area contributed by atoms with Gasteiger partial charge in [-0.2, -0.15) is 0 Å². The molecule has 3 aliphatic rings. The van der Waals surface area contributed by atoms with Crippen molar-refractivity contribution in [3.63, 3.8) is 0 Å². The van der Waals surface area contributed by atoms with Gasteiger partial charge < -0.3 is 19.0 Å². The van der Waals surface area contributed by atoms with Gasteiger partial charge >= 0.3 is 0 Å². The van der Waals surface area contributed by atoms with Gasteiger partial charge in [0.25, 0.3) is 5.56 Å². The van der Waals surface area contributed by atoms with Gasteiger partial charge in [-0.25, -0.2) is 0 Å². The van der Waals surface area contributed by atoms with Crippen molar-refractivity contribution >= 4 is 16.9 Å². The van der Waals surface area contributed by atoms with Gasteiger partial charge in [-0.05, 0) is 43.7 Å². The van der Waals surface area contributed by atoms with Gasteiger partial charge in [0.1, 0.15) is 5.58 Å². The monoisotopic (exact) mass is 454 g/mol. The quantitative estimate of drug-likeness (QED) is 0.709. The smallest absolute Gasteiger partial charge is 0.261 e. The Labute approximate surface area is 195 Å². The van der Waals surface area contributed by atoms with Crippen molar-refractivity contribution in [2.45, 2.75) is 89.7 Å². The number of amides is 1. The summed E-state index contributed by atoms with van der Waals surface area (Å²) in [5, 5.41) is 12.5. The van der Waals surface area contributed by atoms with Crippen molar-refractivity contribution < 1.29 is 14.3 Å². The number of hydrogen-bond donors (Lipinski definition) is 1. The van der Waals surface area contributed by atoms with Gasteiger partial charge in [0.15, 0.2) is 0 Å². The number of hydrogen-bond acceptors (Lipinski definition) is 4. The summed E-state index contributed by atoms with van der Waals surface area (Å²) in [6, 6.07) is 3.49. The van der Waals surface area contributed by atoms with Gasteiger partial charge in [-0.3, -0.25) is 9.59 Å². The predicted molar refractivity (Wildman–Crippen MR) is 128 cm³/mol. The lowest BCUT2D eigenvalue weighted by Crippen LogP contribution is -2.62. The molecule has 0 aromatic carbocycles. The predicted octanol–water partition coefficient (Wildman–Crippen LogP) is 4.72. The van der Waals surface area contributed by atoms with Crippen LogP contribution in [0.2, 0.25) is 0 Å². The first-order valence-corrected chi connectivity index (χ1v) is 13.0. The van der Waals surface area contributed by atoms with E-state index in [1.807, 2.05) is 4.90 Å². The zero-order chi connectivity index (χ0) is 23.1. The van der Waals surface area contributed by atoms with Crippen molar-refractivity contribution in [1.29, 1.82) is 0 Å². The number of likely N-dealkylation sites (tertiary alicyclic amines) is 1. The Morgan fingerprint density at radius 2 is 1.91 bits per heavy atom. The number of piperidine rings is 1. The van der Waals surface area contributed by atoms with Gasteiger partial charge in [-0.15, -0.1) is 0 Å². The molecule has 1 amide bonds. The maximum atomic E-state index is 13.4. The van der Waals surface area contributed by atoms with Crippen LogP contribution in [0.5, 0.6) is 0 Å². The van der Waals surface area contributed by atoms with Crippen molar-refractivity contribution in [1.82, 2.24) is 9.47 Å². The van der Waals surface area contributed by atoms with Crippen LogP contribution in [0.4, 0.5) is 0 Å². The highest BCUT2D eigenvalue weighted by atomic mass is 16.3. The molecule has 3 fully saturated rings. The van der Waals surface area contributed by atoms with Crippen LogP contribution in [-0.4, -0.2) is 39.2 Å². The van der Waals surface area contributed by atoms with Crippen molar-refractivity contribution in [2.24, 2.45) is 17.3 Å². The summed E-state index contributed by atoms with van der Waals surface area (Å²) >= 11 is 0. The summed E-state index contributed by atoms with van der Waals surface area (Å²) in [6.07, 6.45) is 15.2. The molecule has 2 unspecified atom stereocenters. The molecule has 1 spiro atoms. The number of nitrogens with zero attached hydrogens (tertiary/aromatic N) is 2. The molecule has 33 heavy (non-hydrogen) atoms. The molecule has 2 saturated carbocycles. The van der Waals surface area contributed by atoms with E-state index in [1.54, 1.807) is 22.9 Å². The van der Waals surface area contributed by atoms with Crippen LogP contribution in [0, 0.1) is 17.3 Å². The fourth-order valence-electron chi connectivity index (χ4n) is 7.04. The van der Waals surface area contributed by atoms with Gasteiger partial charge in [0.2, 0.25) is 5.91 Å². The minimum absolute atomic E-state index is 0.0452. The first-order valence-electron chi connectivity index (χ1n) is 13.0. The van der Waals surface area contributed by atoms with Crippen LogP contribution in [0.25, 0.3) is 11.0 Å². The molecular formula is C27H38N2O4. The standard InChI is InChI=1S/C27H38N2O4/c1-20(17-21-7-3-2-4-8-21)24(30)29-15-13-27(32,26(18-29)11-5-6-12-26)19-28-14-9-23-22(25(28)31)10-16-33-23/h9-10,14,16,20-21,32H,2-8,11-13,15,17-19H2,1H3. The highest BCUT2D eigenvalue weighted by Gasteiger charge is 2.55. The number of furan rings is 1. The fraction of sp³-hybridized carbons (Fsp3) is 0.704. The number of aliphatic hydroxyl groups is 1. The van der Waals surface area contributed by atoms with Crippen LogP contribution >= 0.6 is 0 Å². The van der Waals surface area contributed by atoms with Gasteiger partial charge in [0.05, 0.1) is 23.8 Å². The second kappa shape index (κ2) is 8.94. The number of fused-ring (bicyclic) bond motifs is 1. The molecule has 6 nitrogen and oxygen atoms in total. The number of carbonyl (C=O) groups is 1. The molecule has 1 aliphatic heterocycles. The summed E-state index contributed by atoms with van der Waals surface area (Å²) in [6.45, 7) is 3.54. The topological polar surface area (TPSA) is 75.7 Å². The Kier molecular flexibility index (Phi) is 6.15. The van der Waals surface area contributed by atoms with Crippen molar-refractivity contribution in [3.8, 4) is 0 Å². The number of carbonyl (C=O) groups excluding carboxylic acids is 1. The van der Waals surface area contributed by atoms with Crippen LogP contribution in [0.1, 0.15) is 77.6 Å². The molecule has 2 aromatic heterocycles. The Morgan fingerprint density at radius 1 is 1.15 bits per heavy atom. The van der Waals surface area contributed by atoms with E-state index in [0.29, 0.717) is 36.4 Å². The molecule has 6 heteroatoms. The number of rotatable bonds is 5. The maximum absolute atomic E-state index is 13.4. The highest BCUT2D eigenvalue weighted by molar-refractivity contribution is 5.78. The largest absolute Gasteiger partial charge is 0.464 e. The molecule has 0 radical (unpaired) electrons. The average molecular weight is 455 g/mol. The minimum Gasteiger partial charge on any atom is -0.464 e. The Hall–Kier alpha value is -2.08. The van der Waals surface area contributed by atoms with E-state index >= 15 is 0 Å². The van der Waals surface area contributed by atoms with E-state index in [-0.39, 0.29) is 29.3 Å². The molecule has 1 N–H and O–H groups in total. The Bertz CT molecular complexity index is 1040. The van der Waals surface area contributed by atoms with E-state index in [9.17, 15) is 14.7 Å². The number of aromatic nitrogens is 1. The second-order valence-electron chi connectivity index (χ2n) is 11.1. The second-order valence-corrected chi connectivity index (χ2v) is 11.1. The minimum atomic E-state index is -0.992. The first-order chi connectivity index (χ1) is 15.9. The Morgan fingerprint density at radius 3 is 2.67 bits per heavy atom. The summed E-state index contributed by atoms with van der Waals surface area (Å²) < 4.78 is 7.00. The molecule has 5 rings (SSSR count). The third-order valence-electron chi connectivity index (χ3n) is 9.01. The van der Waals surface area contributed by atoms with E-state index in [2.05, 4.69) is 6.92 Å². The molecule has 2 aliphatic carbocycles. The molecule has 3 heterocycles. The first kappa shape index (κ1) is 22.7. The normalized spacial score (nSPS) is 26.8. The molecule has 180 valence electrons.